The van der Waals surface area contributed by atoms with Gasteiger partial charge in [-0.3, -0.25) is 0 Å². The van der Waals surface area contributed by atoms with Gasteiger partial charge in [0, 0.05) is 35.5 Å². The zero-order chi connectivity index (χ0) is 26.8. The number of hydrogen-bond acceptors (Lipinski definition) is 8. The number of nitrogens with one attached hydrogen (secondary N) is 1. The number of piperidine rings is 1. The Kier molecular flexibility index (Phi) is 8.39. The minimum Gasteiger partial charge on any atom is -0.481 e. The van der Waals surface area contributed by atoms with Crippen LogP contribution in [-0.4, -0.2) is 79.3 Å². The van der Waals surface area contributed by atoms with Crippen LogP contribution in [0.1, 0.15) is 52.3 Å². The molecule has 2 amide bonds. The van der Waals surface area contributed by atoms with Crippen molar-refractivity contribution in [2.45, 2.75) is 89.0 Å². The lowest BCUT2D eigenvalue weighted by molar-refractivity contribution is -0.0397. The fourth-order valence-corrected chi connectivity index (χ4v) is 5.95. The van der Waals surface area contributed by atoms with E-state index in [1.54, 1.807) is 11.0 Å². The predicted molar refractivity (Wildman–Crippen MR) is 136 cm³/mol. The third kappa shape index (κ3) is 5.69. The second-order valence-electron chi connectivity index (χ2n) is 11.1. The Morgan fingerprint density at radius 1 is 1.31 bits per heavy atom. The molecule has 1 aromatic heterocycles. The fourth-order valence-electron chi connectivity index (χ4n) is 4.68. The summed E-state index contributed by atoms with van der Waals surface area (Å²) in [6, 6.07) is 0.525. The van der Waals surface area contributed by atoms with E-state index in [0.717, 1.165) is 0 Å². The van der Waals surface area contributed by atoms with E-state index in [4.69, 9.17) is 19.4 Å². The minimum absolute atomic E-state index is 0.0893. The maximum Gasteiger partial charge on any atom is 0.319 e. The molecule has 12 nitrogen and oxygen atoms in total. The van der Waals surface area contributed by atoms with Crippen LogP contribution in [-0.2, 0) is 4.43 Å². The van der Waals surface area contributed by atoms with E-state index in [1.807, 2.05) is 6.92 Å². The van der Waals surface area contributed by atoms with Crippen LogP contribution < -0.4 is 14.8 Å². The molecule has 6 atom stereocenters. The number of aliphatic hydroxyl groups is 1. The molecule has 36 heavy (non-hydrogen) atoms. The number of nitrogens with zero attached hydrogens (tertiary/aromatic N) is 6. The molecule has 3 rings (SSSR count). The number of ether oxygens (including phenoxy) is 2. The van der Waals surface area contributed by atoms with Crippen molar-refractivity contribution in [2.75, 3.05) is 20.8 Å². The monoisotopic (exact) mass is 521 g/mol. The van der Waals surface area contributed by atoms with Gasteiger partial charge in [-0.25, -0.2) is 4.79 Å². The number of methoxy groups -OCH3 is 2. The standard InChI is InChI=1S/C23H39N7O5Si/c1-13-17(12-25-29-24)30-14(10-18(13)31)9-15(27-22(30)32)20(35-36(7,8)23(2,3)4)16-11-19(33-5)28-21(26-16)34-6/h11,13-15,17-18,20,31H,9-10,12H2,1-8H3,(H,27,32)/t13-,14+,15-,17-,18+,20+/m1/s1. The molecule has 0 spiro atoms. The van der Waals surface area contributed by atoms with Gasteiger partial charge in [-0.1, -0.05) is 32.8 Å². The van der Waals surface area contributed by atoms with Gasteiger partial charge in [0.05, 0.1) is 32.1 Å². The van der Waals surface area contributed by atoms with E-state index in [2.05, 4.69) is 59.2 Å². The van der Waals surface area contributed by atoms with Crippen molar-refractivity contribution in [3.8, 4) is 11.9 Å². The van der Waals surface area contributed by atoms with Gasteiger partial charge >= 0.3 is 12.0 Å². The van der Waals surface area contributed by atoms with Crippen molar-refractivity contribution >= 4 is 14.3 Å². The smallest absolute Gasteiger partial charge is 0.319 e. The zero-order valence-electron chi connectivity index (χ0n) is 22.4. The van der Waals surface area contributed by atoms with Gasteiger partial charge in [0.1, 0.15) is 6.10 Å². The molecule has 0 unspecified atom stereocenters. The SMILES string of the molecule is COc1cc([C@@H](O[Si](C)(C)C(C)(C)C)[C@H]2C[C@H]3C[C@H](O)[C@H](C)[C@@H](CN=[N+]=[N-])N3C(=O)N2)nc(OC)n1. The molecule has 2 aliphatic rings. The molecule has 200 valence electrons. The molecule has 2 saturated heterocycles. The van der Waals surface area contributed by atoms with Crippen LogP contribution in [0.5, 0.6) is 11.9 Å². The van der Waals surface area contributed by atoms with Crippen molar-refractivity contribution in [2.24, 2.45) is 11.0 Å². The number of carbonyl (C=O) groups is 1. The Morgan fingerprint density at radius 3 is 2.58 bits per heavy atom. The van der Waals surface area contributed by atoms with Gasteiger partial charge in [-0.15, -0.1) is 0 Å². The first kappa shape index (κ1) is 28.0. The molecule has 0 radical (unpaired) electrons. The van der Waals surface area contributed by atoms with Crippen molar-refractivity contribution in [1.82, 2.24) is 20.2 Å². The van der Waals surface area contributed by atoms with E-state index >= 15 is 0 Å². The summed E-state index contributed by atoms with van der Waals surface area (Å²) in [5, 5.41) is 17.5. The first-order chi connectivity index (χ1) is 16.8. The summed E-state index contributed by atoms with van der Waals surface area (Å²) in [5.74, 6) is 0.115. The molecule has 2 aliphatic heterocycles. The second kappa shape index (κ2) is 10.8. The number of aliphatic hydroxyl groups excluding tert-OH is 1. The number of aromatic nitrogens is 2. The largest absolute Gasteiger partial charge is 0.481 e. The van der Waals surface area contributed by atoms with Crippen LogP contribution >= 0.6 is 0 Å². The Hall–Kier alpha value is -2.60. The molecule has 1 aromatic rings. The summed E-state index contributed by atoms with van der Waals surface area (Å²) >= 11 is 0. The number of carbonyl (C=O) groups excluding carboxylic acids is 1. The summed E-state index contributed by atoms with van der Waals surface area (Å²) < 4.78 is 17.5. The number of hydrogen-bond donors (Lipinski definition) is 2. The van der Waals surface area contributed by atoms with Crippen molar-refractivity contribution in [3.05, 3.63) is 22.2 Å². The second-order valence-corrected chi connectivity index (χ2v) is 15.9. The number of urea groups is 1. The van der Waals surface area contributed by atoms with E-state index in [9.17, 15) is 9.90 Å². The molecule has 13 heteroatoms. The summed E-state index contributed by atoms with van der Waals surface area (Å²) in [6.07, 6.45) is -0.248. The van der Waals surface area contributed by atoms with Crippen molar-refractivity contribution in [1.29, 1.82) is 0 Å². The normalized spacial score (nSPS) is 27.4. The van der Waals surface area contributed by atoms with Gasteiger partial charge in [-0.2, -0.15) is 9.97 Å². The molecule has 2 fully saturated rings. The number of rotatable bonds is 8. The van der Waals surface area contributed by atoms with Crippen LogP contribution in [0.15, 0.2) is 11.2 Å². The molecule has 0 aromatic carbocycles. The van der Waals surface area contributed by atoms with Crippen LogP contribution in [0.4, 0.5) is 4.79 Å². The highest BCUT2D eigenvalue weighted by atomic mass is 28.4. The zero-order valence-corrected chi connectivity index (χ0v) is 23.4. The molecule has 3 heterocycles. The van der Waals surface area contributed by atoms with Crippen molar-refractivity contribution < 1.29 is 23.8 Å². The van der Waals surface area contributed by atoms with E-state index in [0.29, 0.717) is 24.4 Å². The third-order valence-electron chi connectivity index (χ3n) is 7.86. The lowest BCUT2D eigenvalue weighted by Crippen LogP contribution is -2.67. The summed E-state index contributed by atoms with van der Waals surface area (Å²) in [4.78, 5) is 26.9. The van der Waals surface area contributed by atoms with Crippen LogP contribution in [0, 0.1) is 5.92 Å². The van der Waals surface area contributed by atoms with Crippen LogP contribution in [0.2, 0.25) is 18.1 Å². The molecule has 0 saturated carbocycles. The lowest BCUT2D eigenvalue weighted by atomic mass is 9.80. The van der Waals surface area contributed by atoms with Gasteiger partial charge in [0.15, 0.2) is 8.32 Å². The molecule has 2 N–H and O–H groups in total. The van der Waals surface area contributed by atoms with Gasteiger partial charge in [0.25, 0.3) is 0 Å². The van der Waals surface area contributed by atoms with E-state index in [1.165, 1.54) is 14.2 Å². The highest BCUT2D eigenvalue weighted by Gasteiger charge is 2.49. The van der Waals surface area contributed by atoms with Gasteiger partial charge < -0.3 is 29.2 Å². The molecular formula is C23H39N7O5Si. The predicted octanol–water partition coefficient (Wildman–Crippen LogP) is 3.79. The maximum atomic E-state index is 13.5. The van der Waals surface area contributed by atoms with Crippen molar-refractivity contribution in [3.63, 3.8) is 0 Å². The minimum atomic E-state index is -2.32. The summed E-state index contributed by atoms with van der Waals surface area (Å²) in [5.41, 5.74) is 9.40. The van der Waals surface area contributed by atoms with E-state index < -0.39 is 32.6 Å². The third-order valence-corrected chi connectivity index (χ3v) is 12.3. The quantitative estimate of drug-likeness (QED) is 0.228. The highest BCUT2D eigenvalue weighted by molar-refractivity contribution is 6.74. The number of fused-ring (bicyclic) bond motifs is 1. The molecule has 0 aliphatic carbocycles. The fraction of sp³-hybridized carbons (Fsp3) is 0.783. The van der Waals surface area contributed by atoms with E-state index in [-0.39, 0.29) is 35.6 Å². The average molecular weight is 522 g/mol. The Balaban J connectivity index is 2.01. The Labute approximate surface area is 213 Å². The topological polar surface area (TPSA) is 155 Å². The number of azide groups is 1. The highest BCUT2D eigenvalue weighted by Crippen LogP contribution is 2.43. The number of amides is 2. The van der Waals surface area contributed by atoms with Gasteiger partial charge in [0.2, 0.25) is 5.88 Å². The lowest BCUT2D eigenvalue weighted by Gasteiger charge is -2.52. The van der Waals surface area contributed by atoms with Crippen LogP contribution in [0.25, 0.3) is 10.4 Å². The first-order valence-electron chi connectivity index (χ1n) is 12.3. The first-order valence-corrected chi connectivity index (χ1v) is 15.2. The Bertz CT molecular complexity index is 975. The average Bonchev–Trinajstić information content (AvgIpc) is 2.81. The Morgan fingerprint density at radius 2 is 2.00 bits per heavy atom. The van der Waals surface area contributed by atoms with Crippen LogP contribution in [0.3, 0.4) is 0 Å². The van der Waals surface area contributed by atoms with Gasteiger partial charge in [-0.05, 0) is 36.5 Å². The maximum absolute atomic E-state index is 13.5. The summed E-state index contributed by atoms with van der Waals surface area (Å²) in [6.45, 7) is 12.7. The summed E-state index contributed by atoms with van der Waals surface area (Å²) in [7, 11) is 0.678. The molecular weight excluding hydrogens is 482 g/mol. The molecule has 0 bridgehead atoms.